The van der Waals surface area contributed by atoms with E-state index in [1.807, 2.05) is 19.1 Å². The van der Waals surface area contributed by atoms with Crippen LogP contribution < -0.4 is 24.8 Å². The summed E-state index contributed by atoms with van der Waals surface area (Å²) < 4.78 is 21.5. The highest BCUT2D eigenvalue weighted by Crippen LogP contribution is 2.39. The normalized spacial score (nSPS) is 11.0. The van der Waals surface area contributed by atoms with E-state index >= 15 is 0 Å². The molecule has 0 aliphatic rings. The van der Waals surface area contributed by atoms with E-state index in [0.29, 0.717) is 34.1 Å². The highest BCUT2D eigenvalue weighted by molar-refractivity contribution is 6.05. The molecule has 3 rings (SSSR count). The fourth-order valence-electron chi connectivity index (χ4n) is 3.26. The molecule has 0 spiro atoms. The van der Waals surface area contributed by atoms with Crippen LogP contribution in [0.3, 0.4) is 0 Å². The van der Waals surface area contributed by atoms with Crippen molar-refractivity contribution in [3.63, 3.8) is 0 Å². The molecule has 1 heterocycles. The van der Waals surface area contributed by atoms with Gasteiger partial charge >= 0.3 is 0 Å². The summed E-state index contributed by atoms with van der Waals surface area (Å²) in [6, 6.07) is 14.0. The Kier molecular flexibility index (Phi) is 7.75. The van der Waals surface area contributed by atoms with Gasteiger partial charge in [-0.05, 0) is 42.8 Å². The van der Waals surface area contributed by atoms with Crippen molar-refractivity contribution in [1.82, 2.24) is 10.6 Å². The summed E-state index contributed by atoms with van der Waals surface area (Å²) in [7, 11) is 4.54. The molecule has 1 aromatic heterocycles. The van der Waals surface area contributed by atoms with Gasteiger partial charge < -0.3 is 29.3 Å². The highest BCUT2D eigenvalue weighted by atomic mass is 16.5. The second kappa shape index (κ2) is 10.9. The summed E-state index contributed by atoms with van der Waals surface area (Å²) in [6.45, 7) is 1.95. The lowest BCUT2D eigenvalue weighted by Gasteiger charge is -2.17. The van der Waals surface area contributed by atoms with Crippen LogP contribution in [0.5, 0.6) is 17.2 Å². The molecule has 8 heteroatoms. The Labute approximate surface area is 192 Å². The van der Waals surface area contributed by atoms with Crippen LogP contribution in [0.25, 0.3) is 6.08 Å². The average molecular weight is 450 g/mol. The third-order valence-electron chi connectivity index (χ3n) is 4.94. The van der Waals surface area contributed by atoms with E-state index in [-0.39, 0.29) is 12.2 Å². The fourth-order valence-corrected chi connectivity index (χ4v) is 3.26. The van der Waals surface area contributed by atoms with Crippen molar-refractivity contribution in [2.45, 2.75) is 13.5 Å². The second-order valence-electron chi connectivity index (χ2n) is 7.02. The maximum absolute atomic E-state index is 13.0. The lowest BCUT2D eigenvalue weighted by molar-refractivity contribution is -0.117. The van der Waals surface area contributed by atoms with E-state index in [1.54, 1.807) is 36.4 Å². The van der Waals surface area contributed by atoms with Gasteiger partial charge in [0.05, 0.1) is 27.6 Å². The van der Waals surface area contributed by atoms with Gasteiger partial charge in [0.15, 0.2) is 11.5 Å². The number of rotatable bonds is 9. The van der Waals surface area contributed by atoms with Crippen molar-refractivity contribution >= 4 is 17.9 Å². The lowest BCUT2D eigenvalue weighted by atomic mass is 10.1. The minimum atomic E-state index is -0.495. The van der Waals surface area contributed by atoms with Gasteiger partial charge in [-0.3, -0.25) is 9.59 Å². The molecule has 0 fully saturated rings. The quantitative estimate of drug-likeness (QED) is 0.483. The molecule has 0 aliphatic heterocycles. The molecule has 3 aromatic rings. The average Bonchev–Trinajstić information content (AvgIpc) is 3.34. The molecular weight excluding hydrogens is 424 g/mol. The van der Waals surface area contributed by atoms with Crippen molar-refractivity contribution in [3.8, 4) is 17.2 Å². The Hall–Kier alpha value is -4.20. The summed E-state index contributed by atoms with van der Waals surface area (Å²) in [4.78, 5) is 25.9. The van der Waals surface area contributed by atoms with Crippen LogP contribution >= 0.6 is 0 Å². The molecule has 33 heavy (non-hydrogen) atoms. The predicted molar refractivity (Wildman–Crippen MR) is 123 cm³/mol. The number of amides is 2. The molecule has 0 saturated carbocycles. The van der Waals surface area contributed by atoms with Crippen molar-refractivity contribution in [3.05, 3.63) is 82.9 Å². The lowest BCUT2D eigenvalue weighted by Crippen LogP contribution is -2.35. The maximum Gasteiger partial charge on any atom is 0.268 e. The van der Waals surface area contributed by atoms with Crippen LogP contribution in [0.2, 0.25) is 0 Å². The van der Waals surface area contributed by atoms with Crippen LogP contribution in [-0.2, 0) is 11.3 Å². The molecule has 172 valence electrons. The molecule has 0 radical (unpaired) electrons. The number of methoxy groups -OCH3 is 3. The monoisotopic (exact) mass is 450 g/mol. The molecule has 0 saturated heterocycles. The zero-order valence-corrected chi connectivity index (χ0v) is 18.9. The van der Waals surface area contributed by atoms with E-state index in [9.17, 15) is 9.59 Å². The number of hydrogen-bond acceptors (Lipinski definition) is 6. The molecule has 2 aromatic carbocycles. The number of hydrogen-bond donors (Lipinski definition) is 2. The molecule has 0 atom stereocenters. The topological polar surface area (TPSA) is 99.0 Å². The number of aryl methyl sites for hydroxylation is 1. The van der Waals surface area contributed by atoms with Gasteiger partial charge in [-0.15, -0.1) is 0 Å². The van der Waals surface area contributed by atoms with Crippen molar-refractivity contribution < 1.29 is 28.2 Å². The van der Waals surface area contributed by atoms with Crippen LogP contribution in [-0.4, -0.2) is 33.1 Å². The molecular formula is C25H26N2O6. The first-order valence-electron chi connectivity index (χ1n) is 10.2. The largest absolute Gasteiger partial charge is 0.493 e. The first-order valence-corrected chi connectivity index (χ1v) is 10.2. The number of ether oxygens (including phenoxy) is 3. The molecule has 8 nitrogen and oxygen atoms in total. The van der Waals surface area contributed by atoms with Crippen LogP contribution in [0, 0.1) is 6.92 Å². The maximum atomic E-state index is 13.0. The number of carbonyl (C=O) groups excluding carboxylic acids is 2. The van der Waals surface area contributed by atoms with E-state index in [0.717, 1.165) is 5.56 Å². The molecule has 2 amide bonds. The Bertz CT molecular complexity index is 1150. The van der Waals surface area contributed by atoms with Gasteiger partial charge in [-0.25, -0.2) is 0 Å². The van der Waals surface area contributed by atoms with Crippen molar-refractivity contribution in [2.24, 2.45) is 0 Å². The van der Waals surface area contributed by atoms with Crippen molar-refractivity contribution in [1.29, 1.82) is 0 Å². The number of nitrogens with one attached hydrogen (secondary N) is 2. The van der Waals surface area contributed by atoms with Gasteiger partial charge in [0.25, 0.3) is 11.8 Å². The Morgan fingerprint density at radius 3 is 2.33 bits per heavy atom. The SMILES string of the molecule is COc1ccc(CNC(=O)/C(=C/c2ccco2)NC(=O)c2ccccc2C)c(OC)c1OC. The summed E-state index contributed by atoms with van der Waals surface area (Å²) in [6.07, 6.45) is 2.95. The van der Waals surface area contributed by atoms with Crippen LogP contribution in [0.4, 0.5) is 0 Å². The Morgan fingerprint density at radius 1 is 0.939 bits per heavy atom. The third kappa shape index (κ3) is 5.54. The van der Waals surface area contributed by atoms with E-state index in [2.05, 4.69) is 10.6 Å². The minimum Gasteiger partial charge on any atom is -0.493 e. The second-order valence-corrected chi connectivity index (χ2v) is 7.02. The summed E-state index contributed by atoms with van der Waals surface area (Å²) in [5.74, 6) is 0.904. The number of benzene rings is 2. The Morgan fingerprint density at radius 2 is 1.70 bits per heavy atom. The minimum absolute atomic E-state index is 0.0395. The van der Waals surface area contributed by atoms with Gasteiger partial charge in [-0.2, -0.15) is 0 Å². The first-order chi connectivity index (χ1) is 16.0. The van der Waals surface area contributed by atoms with Crippen molar-refractivity contribution in [2.75, 3.05) is 21.3 Å². The van der Waals surface area contributed by atoms with Gasteiger partial charge in [0, 0.05) is 23.7 Å². The molecule has 0 bridgehead atoms. The standard InChI is InChI=1S/C25H26N2O6/c1-16-8-5-6-10-19(16)24(28)27-20(14-18-9-7-13-33-18)25(29)26-15-17-11-12-21(30-2)23(32-4)22(17)31-3/h5-14H,15H2,1-4H3,(H,26,29)(H,27,28)/b20-14-. The Balaban J connectivity index is 1.83. The molecule has 2 N–H and O–H groups in total. The number of carbonyl (C=O) groups is 2. The van der Waals surface area contributed by atoms with E-state index < -0.39 is 11.8 Å². The number of furan rings is 1. The van der Waals surface area contributed by atoms with Gasteiger partial charge in [-0.1, -0.05) is 18.2 Å². The van der Waals surface area contributed by atoms with Gasteiger partial charge in [0.1, 0.15) is 11.5 Å². The summed E-state index contributed by atoms with van der Waals surface area (Å²) >= 11 is 0. The predicted octanol–water partition coefficient (Wildman–Crippen LogP) is 3.70. The van der Waals surface area contributed by atoms with Crippen LogP contribution in [0.1, 0.15) is 27.2 Å². The van der Waals surface area contributed by atoms with E-state index in [1.165, 1.54) is 33.7 Å². The first kappa shape index (κ1) is 23.5. The zero-order valence-electron chi connectivity index (χ0n) is 18.9. The molecule has 0 unspecified atom stereocenters. The highest BCUT2D eigenvalue weighted by Gasteiger charge is 2.19. The summed E-state index contributed by atoms with van der Waals surface area (Å²) in [5.41, 5.74) is 1.98. The fraction of sp³-hybridized carbons (Fsp3) is 0.200. The molecule has 0 aliphatic carbocycles. The van der Waals surface area contributed by atoms with E-state index in [4.69, 9.17) is 18.6 Å². The third-order valence-corrected chi connectivity index (χ3v) is 4.94. The van der Waals surface area contributed by atoms with Gasteiger partial charge in [0.2, 0.25) is 5.75 Å². The summed E-state index contributed by atoms with van der Waals surface area (Å²) in [5, 5.41) is 5.50. The zero-order chi connectivity index (χ0) is 23.8. The smallest absolute Gasteiger partial charge is 0.268 e. The van der Waals surface area contributed by atoms with Crippen LogP contribution in [0.15, 0.2) is 64.9 Å².